The monoisotopic (exact) mass is 252 g/mol. The van der Waals surface area contributed by atoms with Gasteiger partial charge in [-0.15, -0.1) is 10.2 Å². The van der Waals surface area contributed by atoms with Crippen molar-refractivity contribution in [2.24, 2.45) is 0 Å². The number of hydrogen-bond donors (Lipinski definition) is 2. The third kappa shape index (κ3) is 2.47. The summed E-state index contributed by atoms with van der Waals surface area (Å²) in [6.07, 6.45) is 0. The Morgan fingerprint density at radius 2 is 2.29 bits per heavy atom. The van der Waals surface area contributed by atoms with Crippen LogP contribution in [0.2, 0.25) is 0 Å². The van der Waals surface area contributed by atoms with Crippen molar-refractivity contribution in [3.05, 3.63) is 22.5 Å². The molecule has 2 aromatic heterocycles. The molecule has 0 aliphatic heterocycles. The number of aryl methyl sites for hydroxylation is 1. The number of nitrogens with zero attached hydrogens (tertiary/aromatic N) is 4. The Hall–Kier alpha value is -1.83. The van der Waals surface area contributed by atoms with Gasteiger partial charge in [-0.25, -0.2) is 0 Å². The van der Waals surface area contributed by atoms with E-state index >= 15 is 0 Å². The third-order valence-corrected chi connectivity index (χ3v) is 2.88. The van der Waals surface area contributed by atoms with Crippen LogP contribution in [0, 0.1) is 6.92 Å². The molecular formula is C9H12N6OS. The Balaban J connectivity index is 2.13. The van der Waals surface area contributed by atoms with E-state index in [0.29, 0.717) is 11.5 Å². The Kier molecular flexibility index (Phi) is 2.88. The average molecular weight is 252 g/mol. The Morgan fingerprint density at radius 1 is 1.53 bits per heavy atom. The Bertz CT molecular complexity index is 517. The van der Waals surface area contributed by atoms with Gasteiger partial charge in [-0.2, -0.15) is 9.59 Å². The molecule has 0 unspecified atom stereocenters. The quantitative estimate of drug-likeness (QED) is 0.835. The van der Waals surface area contributed by atoms with Crippen LogP contribution in [0.15, 0.2) is 6.07 Å². The minimum atomic E-state index is -0.693. The second-order valence-corrected chi connectivity index (χ2v) is 5.15. The highest BCUT2D eigenvalue weighted by molar-refractivity contribution is 7.05. The van der Waals surface area contributed by atoms with Gasteiger partial charge in [0.2, 0.25) is 0 Å². The lowest BCUT2D eigenvalue weighted by Gasteiger charge is -2.21. The van der Waals surface area contributed by atoms with Crippen molar-refractivity contribution in [3.8, 4) is 0 Å². The molecule has 0 aliphatic rings. The highest BCUT2D eigenvalue weighted by Crippen LogP contribution is 2.16. The zero-order valence-corrected chi connectivity index (χ0v) is 10.5. The second kappa shape index (κ2) is 4.21. The molecule has 0 saturated carbocycles. The molecule has 0 spiro atoms. The van der Waals surface area contributed by atoms with Gasteiger partial charge >= 0.3 is 0 Å². The Morgan fingerprint density at radius 3 is 2.82 bits per heavy atom. The average Bonchev–Trinajstić information content (AvgIpc) is 2.86. The topological polar surface area (TPSA) is 96.5 Å². The van der Waals surface area contributed by atoms with E-state index in [0.717, 1.165) is 4.88 Å². The molecule has 1 amide bonds. The lowest BCUT2D eigenvalue weighted by atomic mass is 10.0. The van der Waals surface area contributed by atoms with E-state index in [1.165, 1.54) is 11.5 Å². The molecule has 7 nitrogen and oxygen atoms in total. The summed E-state index contributed by atoms with van der Waals surface area (Å²) < 4.78 is 4.05. The van der Waals surface area contributed by atoms with E-state index in [1.54, 1.807) is 19.9 Å². The minimum Gasteiger partial charge on any atom is -0.338 e. The number of nitrogens with one attached hydrogen (secondary N) is 2. The first-order valence-electron chi connectivity index (χ1n) is 4.99. The van der Waals surface area contributed by atoms with Crippen molar-refractivity contribution in [1.29, 1.82) is 0 Å². The van der Waals surface area contributed by atoms with Crippen LogP contribution in [0.3, 0.4) is 0 Å². The summed E-state index contributed by atoms with van der Waals surface area (Å²) in [5.74, 6) is 0.182. The standard InChI is InChI=1S/C9H12N6OS/c1-5-4-6(13-17-5)7(16)10-9(2,3)8-11-14-15-12-8/h4H,1-3H3,(H,10,16)(H,11,12,14,15). The van der Waals surface area contributed by atoms with Gasteiger partial charge in [0, 0.05) is 4.88 Å². The zero-order valence-electron chi connectivity index (χ0n) is 9.68. The molecule has 2 rings (SSSR count). The summed E-state index contributed by atoms with van der Waals surface area (Å²) in [7, 11) is 0. The van der Waals surface area contributed by atoms with Gasteiger partial charge in [0.25, 0.3) is 5.91 Å². The lowest BCUT2D eigenvalue weighted by Crippen LogP contribution is -2.42. The van der Waals surface area contributed by atoms with Crippen LogP contribution in [0.25, 0.3) is 0 Å². The molecule has 0 saturated heterocycles. The van der Waals surface area contributed by atoms with E-state index in [-0.39, 0.29) is 5.91 Å². The van der Waals surface area contributed by atoms with Gasteiger partial charge in [-0.05, 0) is 38.4 Å². The van der Waals surface area contributed by atoms with Crippen LogP contribution >= 0.6 is 11.5 Å². The predicted molar refractivity (Wildman–Crippen MR) is 61.5 cm³/mol. The summed E-state index contributed by atoms with van der Waals surface area (Å²) in [5, 5.41) is 16.4. The van der Waals surface area contributed by atoms with Crippen LogP contribution in [0.5, 0.6) is 0 Å². The first-order chi connectivity index (χ1) is 7.99. The molecule has 0 fully saturated rings. The van der Waals surface area contributed by atoms with Crippen LogP contribution in [0.1, 0.15) is 35.0 Å². The molecule has 0 atom stereocenters. The lowest BCUT2D eigenvalue weighted by molar-refractivity contribution is 0.0904. The maximum absolute atomic E-state index is 11.9. The smallest absolute Gasteiger partial charge is 0.271 e. The SMILES string of the molecule is Cc1cc(C(=O)NC(C)(C)c2nn[nH]n2)ns1. The fourth-order valence-electron chi connectivity index (χ4n) is 1.30. The van der Waals surface area contributed by atoms with Crippen LogP contribution in [0.4, 0.5) is 0 Å². The number of tetrazole rings is 1. The molecule has 0 radical (unpaired) electrons. The fourth-order valence-corrected chi connectivity index (χ4v) is 1.85. The van der Waals surface area contributed by atoms with E-state index in [1.807, 2.05) is 6.92 Å². The van der Waals surface area contributed by atoms with Gasteiger partial charge in [0.05, 0.1) is 5.54 Å². The summed E-state index contributed by atoms with van der Waals surface area (Å²) in [6.45, 7) is 5.50. The van der Waals surface area contributed by atoms with Crippen LogP contribution < -0.4 is 5.32 Å². The van der Waals surface area contributed by atoms with Gasteiger partial charge < -0.3 is 5.32 Å². The number of rotatable bonds is 3. The van der Waals surface area contributed by atoms with Crippen molar-refractivity contribution < 1.29 is 4.79 Å². The van der Waals surface area contributed by atoms with Crippen molar-refractivity contribution >= 4 is 17.4 Å². The molecule has 0 aliphatic carbocycles. The number of carbonyl (C=O) groups excluding carboxylic acids is 1. The van der Waals surface area contributed by atoms with E-state index < -0.39 is 5.54 Å². The molecule has 2 heterocycles. The predicted octanol–water partition coefficient (Wildman–Crippen LogP) is 0.630. The third-order valence-electron chi connectivity index (χ3n) is 2.19. The number of amides is 1. The van der Waals surface area contributed by atoms with Crippen LogP contribution in [-0.2, 0) is 5.54 Å². The maximum Gasteiger partial charge on any atom is 0.271 e. The number of carbonyl (C=O) groups is 1. The molecule has 2 aromatic rings. The fraction of sp³-hybridized carbons (Fsp3) is 0.444. The number of H-pyrrole nitrogens is 1. The van der Waals surface area contributed by atoms with Gasteiger partial charge in [-0.1, -0.05) is 5.21 Å². The normalized spacial score (nSPS) is 11.5. The Labute approximate surface area is 102 Å². The minimum absolute atomic E-state index is 0.246. The van der Waals surface area contributed by atoms with E-state index in [4.69, 9.17) is 0 Å². The molecule has 17 heavy (non-hydrogen) atoms. The highest BCUT2D eigenvalue weighted by Gasteiger charge is 2.28. The largest absolute Gasteiger partial charge is 0.338 e. The summed E-state index contributed by atoms with van der Waals surface area (Å²) >= 11 is 1.30. The molecular weight excluding hydrogens is 240 g/mol. The van der Waals surface area contributed by atoms with Crippen molar-refractivity contribution in [1.82, 2.24) is 30.3 Å². The van der Waals surface area contributed by atoms with Gasteiger partial charge in [0.1, 0.15) is 5.69 Å². The van der Waals surface area contributed by atoms with Crippen molar-refractivity contribution in [2.75, 3.05) is 0 Å². The maximum atomic E-state index is 11.9. The highest BCUT2D eigenvalue weighted by atomic mass is 32.1. The first kappa shape index (κ1) is 11.6. The van der Waals surface area contributed by atoms with Gasteiger partial charge in [0.15, 0.2) is 5.82 Å². The number of hydrogen-bond acceptors (Lipinski definition) is 6. The summed E-state index contributed by atoms with van der Waals surface area (Å²) in [4.78, 5) is 12.9. The number of aromatic amines is 1. The number of aromatic nitrogens is 5. The molecule has 0 aromatic carbocycles. The van der Waals surface area contributed by atoms with Crippen molar-refractivity contribution in [2.45, 2.75) is 26.3 Å². The van der Waals surface area contributed by atoms with Crippen LogP contribution in [-0.4, -0.2) is 30.9 Å². The van der Waals surface area contributed by atoms with E-state index in [2.05, 4.69) is 30.3 Å². The molecule has 2 N–H and O–H groups in total. The molecule has 90 valence electrons. The second-order valence-electron chi connectivity index (χ2n) is 4.14. The molecule has 8 heteroatoms. The van der Waals surface area contributed by atoms with Gasteiger partial charge in [-0.3, -0.25) is 4.79 Å². The van der Waals surface area contributed by atoms with E-state index in [9.17, 15) is 4.79 Å². The summed E-state index contributed by atoms with van der Waals surface area (Å²) in [5.41, 5.74) is -0.286. The zero-order chi connectivity index (χ0) is 12.5. The van der Waals surface area contributed by atoms with Crippen molar-refractivity contribution in [3.63, 3.8) is 0 Å². The molecule has 0 bridgehead atoms. The first-order valence-corrected chi connectivity index (χ1v) is 5.76. The summed E-state index contributed by atoms with van der Waals surface area (Å²) in [6, 6.07) is 1.74.